The largest absolute Gasteiger partial charge is 0.491 e. The summed E-state index contributed by atoms with van der Waals surface area (Å²) in [5.41, 5.74) is 10.7. The van der Waals surface area contributed by atoms with Gasteiger partial charge >= 0.3 is 0 Å². The van der Waals surface area contributed by atoms with Crippen LogP contribution in [-0.2, 0) is 9.59 Å². The zero-order chi connectivity index (χ0) is 15.2. The monoisotopic (exact) mass is 279 g/mol. The summed E-state index contributed by atoms with van der Waals surface area (Å²) >= 11 is 0. The number of rotatable bonds is 7. The fourth-order valence-electron chi connectivity index (χ4n) is 1.36. The van der Waals surface area contributed by atoms with E-state index in [4.69, 9.17) is 16.2 Å². The predicted octanol–water partition coefficient (Wildman–Crippen LogP) is 0.665. The second-order valence-electron chi connectivity index (χ2n) is 5.16. The SMILES string of the molecule is CC(C)(CNC(=O)CCOc1ccccc1N)C(N)=O. The van der Waals surface area contributed by atoms with Gasteiger partial charge in [-0.05, 0) is 26.0 Å². The molecule has 6 heteroatoms. The van der Waals surface area contributed by atoms with Crippen LogP contribution in [-0.4, -0.2) is 25.0 Å². The molecule has 0 saturated carbocycles. The molecule has 1 rings (SSSR count). The molecule has 0 fully saturated rings. The van der Waals surface area contributed by atoms with Crippen LogP contribution < -0.4 is 21.5 Å². The van der Waals surface area contributed by atoms with Crippen molar-refractivity contribution in [2.45, 2.75) is 20.3 Å². The molecule has 5 N–H and O–H groups in total. The Hall–Kier alpha value is -2.24. The van der Waals surface area contributed by atoms with E-state index in [-0.39, 0.29) is 25.5 Å². The zero-order valence-corrected chi connectivity index (χ0v) is 11.8. The molecule has 6 nitrogen and oxygen atoms in total. The topological polar surface area (TPSA) is 107 Å². The molecular weight excluding hydrogens is 258 g/mol. The van der Waals surface area contributed by atoms with Crippen molar-refractivity contribution in [3.8, 4) is 5.75 Å². The molecule has 1 aromatic rings. The molecular formula is C14H21N3O3. The van der Waals surface area contributed by atoms with Crippen molar-refractivity contribution in [2.75, 3.05) is 18.9 Å². The van der Waals surface area contributed by atoms with Gasteiger partial charge in [0.1, 0.15) is 5.75 Å². The average molecular weight is 279 g/mol. The molecule has 0 aliphatic heterocycles. The van der Waals surface area contributed by atoms with E-state index in [1.807, 2.05) is 0 Å². The Morgan fingerprint density at radius 3 is 2.55 bits per heavy atom. The number of para-hydroxylation sites is 2. The van der Waals surface area contributed by atoms with E-state index < -0.39 is 11.3 Å². The van der Waals surface area contributed by atoms with Gasteiger partial charge in [0.15, 0.2) is 0 Å². The summed E-state index contributed by atoms with van der Waals surface area (Å²) in [6.07, 6.45) is 0.184. The highest BCUT2D eigenvalue weighted by molar-refractivity contribution is 5.82. The Balaban J connectivity index is 2.31. The van der Waals surface area contributed by atoms with Crippen LogP contribution in [0.15, 0.2) is 24.3 Å². The predicted molar refractivity (Wildman–Crippen MR) is 77.0 cm³/mol. The lowest BCUT2D eigenvalue weighted by Gasteiger charge is -2.20. The molecule has 0 heterocycles. The molecule has 0 spiro atoms. The standard InChI is InChI=1S/C14H21N3O3/c1-14(2,13(16)19)9-17-12(18)7-8-20-11-6-4-3-5-10(11)15/h3-6H,7-9,15H2,1-2H3,(H2,16,19)(H,17,18). The maximum absolute atomic E-state index is 11.6. The van der Waals surface area contributed by atoms with Gasteiger partial charge in [-0.15, -0.1) is 0 Å². The highest BCUT2D eigenvalue weighted by Crippen LogP contribution is 2.19. The third kappa shape index (κ3) is 4.79. The summed E-state index contributed by atoms with van der Waals surface area (Å²) < 4.78 is 5.41. The second kappa shape index (κ2) is 6.79. The van der Waals surface area contributed by atoms with Crippen molar-refractivity contribution in [3.05, 3.63) is 24.3 Å². The summed E-state index contributed by atoms with van der Waals surface area (Å²) in [5, 5.41) is 2.65. The lowest BCUT2D eigenvalue weighted by Crippen LogP contribution is -2.42. The van der Waals surface area contributed by atoms with Crippen LogP contribution in [0.3, 0.4) is 0 Å². The summed E-state index contributed by atoms with van der Waals surface area (Å²) in [7, 11) is 0. The lowest BCUT2D eigenvalue weighted by molar-refractivity contribution is -0.127. The molecule has 0 unspecified atom stereocenters. The minimum Gasteiger partial charge on any atom is -0.491 e. The zero-order valence-electron chi connectivity index (χ0n) is 11.8. The summed E-state index contributed by atoms with van der Waals surface area (Å²) in [6.45, 7) is 3.78. The van der Waals surface area contributed by atoms with Gasteiger partial charge in [0.2, 0.25) is 11.8 Å². The van der Waals surface area contributed by atoms with E-state index in [1.54, 1.807) is 38.1 Å². The van der Waals surface area contributed by atoms with Crippen molar-refractivity contribution in [2.24, 2.45) is 11.1 Å². The molecule has 110 valence electrons. The highest BCUT2D eigenvalue weighted by atomic mass is 16.5. The van der Waals surface area contributed by atoms with Crippen LogP contribution in [0.2, 0.25) is 0 Å². The minimum atomic E-state index is -0.764. The normalized spacial score (nSPS) is 10.9. The third-order valence-corrected chi connectivity index (χ3v) is 2.90. The molecule has 0 radical (unpaired) electrons. The Morgan fingerprint density at radius 2 is 1.95 bits per heavy atom. The molecule has 1 aromatic carbocycles. The molecule has 0 aliphatic rings. The van der Waals surface area contributed by atoms with E-state index in [1.165, 1.54) is 0 Å². The number of nitrogens with one attached hydrogen (secondary N) is 1. The van der Waals surface area contributed by atoms with E-state index in [2.05, 4.69) is 5.32 Å². The van der Waals surface area contributed by atoms with Gasteiger partial charge in [-0.3, -0.25) is 9.59 Å². The fourth-order valence-corrected chi connectivity index (χ4v) is 1.36. The van der Waals surface area contributed by atoms with Gasteiger partial charge in [0, 0.05) is 6.54 Å². The number of nitrogens with two attached hydrogens (primary N) is 2. The number of nitrogen functional groups attached to an aromatic ring is 1. The maximum atomic E-state index is 11.6. The first-order chi connectivity index (χ1) is 9.33. The summed E-state index contributed by atoms with van der Waals surface area (Å²) in [5.74, 6) is -0.0993. The molecule has 0 atom stereocenters. The van der Waals surface area contributed by atoms with Crippen molar-refractivity contribution in [1.82, 2.24) is 5.32 Å². The molecule has 0 aromatic heterocycles. The number of ether oxygens (including phenoxy) is 1. The number of carbonyl (C=O) groups excluding carboxylic acids is 2. The van der Waals surface area contributed by atoms with Gasteiger partial charge in [0.05, 0.1) is 24.1 Å². The highest BCUT2D eigenvalue weighted by Gasteiger charge is 2.25. The Bertz CT molecular complexity index is 486. The van der Waals surface area contributed by atoms with Gasteiger partial charge in [-0.25, -0.2) is 0 Å². The first kappa shape index (κ1) is 15.8. The van der Waals surface area contributed by atoms with Crippen molar-refractivity contribution < 1.29 is 14.3 Å². The number of amides is 2. The second-order valence-corrected chi connectivity index (χ2v) is 5.16. The first-order valence-electron chi connectivity index (χ1n) is 6.37. The molecule has 0 aliphatic carbocycles. The van der Waals surface area contributed by atoms with Crippen LogP contribution in [0.5, 0.6) is 5.75 Å². The number of anilines is 1. The third-order valence-electron chi connectivity index (χ3n) is 2.90. The van der Waals surface area contributed by atoms with Gasteiger partial charge in [-0.2, -0.15) is 0 Å². The number of hydrogen-bond acceptors (Lipinski definition) is 4. The van der Waals surface area contributed by atoms with Gasteiger partial charge in [0.25, 0.3) is 0 Å². The van der Waals surface area contributed by atoms with Crippen LogP contribution in [0, 0.1) is 5.41 Å². The summed E-state index contributed by atoms with van der Waals surface area (Å²) in [6, 6.07) is 7.08. The number of carbonyl (C=O) groups is 2. The van der Waals surface area contributed by atoms with Crippen LogP contribution >= 0.6 is 0 Å². The van der Waals surface area contributed by atoms with E-state index in [9.17, 15) is 9.59 Å². The Morgan fingerprint density at radius 1 is 1.30 bits per heavy atom. The molecule has 2 amide bonds. The van der Waals surface area contributed by atoms with Crippen molar-refractivity contribution in [1.29, 1.82) is 0 Å². The maximum Gasteiger partial charge on any atom is 0.224 e. The summed E-state index contributed by atoms with van der Waals surface area (Å²) in [4.78, 5) is 22.7. The molecule has 20 heavy (non-hydrogen) atoms. The Labute approximate surface area is 118 Å². The molecule has 0 bridgehead atoms. The van der Waals surface area contributed by atoms with Gasteiger partial charge < -0.3 is 21.5 Å². The van der Waals surface area contributed by atoms with E-state index in [0.29, 0.717) is 11.4 Å². The van der Waals surface area contributed by atoms with Gasteiger partial charge in [-0.1, -0.05) is 12.1 Å². The van der Waals surface area contributed by atoms with Crippen LogP contribution in [0.1, 0.15) is 20.3 Å². The van der Waals surface area contributed by atoms with E-state index in [0.717, 1.165) is 0 Å². The number of primary amides is 1. The number of hydrogen-bond donors (Lipinski definition) is 3. The fraction of sp³-hybridized carbons (Fsp3) is 0.429. The van der Waals surface area contributed by atoms with Crippen LogP contribution in [0.25, 0.3) is 0 Å². The van der Waals surface area contributed by atoms with Crippen molar-refractivity contribution >= 4 is 17.5 Å². The van der Waals surface area contributed by atoms with Crippen LogP contribution in [0.4, 0.5) is 5.69 Å². The van der Waals surface area contributed by atoms with E-state index >= 15 is 0 Å². The average Bonchev–Trinajstić information content (AvgIpc) is 2.38. The first-order valence-corrected chi connectivity index (χ1v) is 6.37. The lowest BCUT2D eigenvalue weighted by atomic mass is 9.93. The molecule has 0 saturated heterocycles. The smallest absolute Gasteiger partial charge is 0.224 e. The quantitative estimate of drug-likeness (QED) is 0.637. The number of benzene rings is 1. The Kier molecular flexibility index (Phi) is 5.37. The van der Waals surface area contributed by atoms with Crippen molar-refractivity contribution in [3.63, 3.8) is 0 Å². The minimum absolute atomic E-state index is 0.184.